The van der Waals surface area contributed by atoms with Gasteiger partial charge >= 0.3 is 0 Å². The van der Waals surface area contributed by atoms with E-state index in [1.165, 1.54) is 5.56 Å². The monoisotopic (exact) mass is 338 g/mol. The first-order chi connectivity index (χ1) is 12.2. The number of aryl methyl sites for hydroxylation is 1. The van der Waals surface area contributed by atoms with Gasteiger partial charge in [-0.25, -0.2) is 0 Å². The van der Waals surface area contributed by atoms with Crippen LogP contribution in [-0.2, 0) is 11.2 Å². The molecule has 1 saturated heterocycles. The fraction of sp³-hybridized carbons (Fsp3) is 0.381. The molecule has 4 heteroatoms. The fourth-order valence-electron chi connectivity index (χ4n) is 3.47. The van der Waals surface area contributed by atoms with Gasteiger partial charge in [0, 0.05) is 26.1 Å². The number of hydrogen-bond donors (Lipinski definition) is 0. The third-order valence-corrected chi connectivity index (χ3v) is 4.89. The maximum Gasteiger partial charge on any atom is 0.223 e. The van der Waals surface area contributed by atoms with E-state index in [0.717, 1.165) is 30.9 Å². The van der Waals surface area contributed by atoms with Gasteiger partial charge in [0.1, 0.15) is 5.75 Å². The minimum Gasteiger partial charge on any atom is -0.496 e. The highest BCUT2D eigenvalue weighted by Gasteiger charge is 2.29. The summed E-state index contributed by atoms with van der Waals surface area (Å²) in [4.78, 5) is 17.3. The van der Waals surface area contributed by atoms with Crippen molar-refractivity contribution >= 4 is 5.91 Å². The van der Waals surface area contributed by atoms with Crippen molar-refractivity contribution in [2.75, 3.05) is 33.8 Å². The molecule has 4 nitrogen and oxygen atoms in total. The van der Waals surface area contributed by atoms with Gasteiger partial charge in [-0.3, -0.25) is 4.79 Å². The molecule has 1 heterocycles. The molecule has 0 radical (unpaired) electrons. The van der Waals surface area contributed by atoms with Crippen LogP contribution in [0.1, 0.15) is 23.6 Å². The summed E-state index contributed by atoms with van der Waals surface area (Å²) in [6, 6.07) is 18.4. The van der Waals surface area contributed by atoms with E-state index in [1.54, 1.807) is 7.11 Å². The highest BCUT2D eigenvalue weighted by molar-refractivity contribution is 5.77. The Kier molecular flexibility index (Phi) is 5.71. The molecule has 0 unspecified atom stereocenters. The lowest BCUT2D eigenvalue weighted by molar-refractivity contribution is -0.136. The number of carbonyl (C=O) groups is 1. The second kappa shape index (κ2) is 8.17. The van der Waals surface area contributed by atoms with Crippen molar-refractivity contribution in [3.8, 4) is 5.75 Å². The second-order valence-electron chi connectivity index (χ2n) is 6.59. The summed E-state index contributed by atoms with van der Waals surface area (Å²) in [5.41, 5.74) is 2.29. The van der Waals surface area contributed by atoms with Gasteiger partial charge in [0.25, 0.3) is 0 Å². The number of methoxy groups -OCH3 is 1. The molecule has 0 N–H and O–H groups in total. The minimum atomic E-state index is 0.130. The third-order valence-electron chi connectivity index (χ3n) is 4.89. The molecular weight excluding hydrogens is 312 g/mol. The number of likely N-dealkylation sites (N-methyl/N-ethyl adjacent to an activating group) is 1. The van der Waals surface area contributed by atoms with Gasteiger partial charge in [0.15, 0.2) is 0 Å². The Balaban J connectivity index is 1.71. The quantitative estimate of drug-likeness (QED) is 0.840. The zero-order valence-corrected chi connectivity index (χ0v) is 15.0. The molecule has 25 heavy (non-hydrogen) atoms. The zero-order valence-electron chi connectivity index (χ0n) is 15.0. The zero-order chi connectivity index (χ0) is 17.6. The van der Waals surface area contributed by atoms with Crippen LogP contribution in [0.15, 0.2) is 54.6 Å². The van der Waals surface area contributed by atoms with Gasteiger partial charge in [-0.15, -0.1) is 0 Å². The van der Waals surface area contributed by atoms with E-state index < -0.39 is 0 Å². The molecule has 0 aliphatic carbocycles. The Labute approximate surface area is 150 Å². The third kappa shape index (κ3) is 4.20. The van der Waals surface area contributed by atoms with Crippen LogP contribution in [-0.4, -0.2) is 49.5 Å². The standard InChI is InChI=1S/C21H26N2O2/c1-22-14-15-23(19(16-22)17-8-4-3-5-9-17)21(24)13-12-18-10-6-7-11-20(18)25-2/h3-11,19H,12-16H2,1-2H3/t19-/m0/s1. The Hall–Kier alpha value is -2.33. The second-order valence-corrected chi connectivity index (χ2v) is 6.59. The molecule has 0 bridgehead atoms. The lowest BCUT2D eigenvalue weighted by atomic mass is 10.0. The van der Waals surface area contributed by atoms with Crippen LogP contribution in [0.25, 0.3) is 0 Å². The number of para-hydroxylation sites is 1. The molecule has 0 spiro atoms. The van der Waals surface area contributed by atoms with Crippen LogP contribution in [0.4, 0.5) is 0 Å². The van der Waals surface area contributed by atoms with E-state index in [4.69, 9.17) is 4.74 Å². The van der Waals surface area contributed by atoms with Gasteiger partial charge in [-0.1, -0.05) is 48.5 Å². The van der Waals surface area contributed by atoms with Crippen molar-refractivity contribution < 1.29 is 9.53 Å². The van der Waals surface area contributed by atoms with Crippen LogP contribution < -0.4 is 4.74 Å². The fourth-order valence-corrected chi connectivity index (χ4v) is 3.47. The Morgan fingerprint density at radius 3 is 2.56 bits per heavy atom. The normalized spacial score (nSPS) is 18.2. The number of hydrogen-bond acceptors (Lipinski definition) is 3. The van der Waals surface area contributed by atoms with Crippen LogP contribution in [0.2, 0.25) is 0 Å². The summed E-state index contributed by atoms with van der Waals surface area (Å²) < 4.78 is 5.40. The number of benzene rings is 2. The first-order valence-corrected chi connectivity index (χ1v) is 8.84. The Morgan fingerprint density at radius 2 is 1.80 bits per heavy atom. The summed E-state index contributed by atoms with van der Waals surface area (Å²) in [6.07, 6.45) is 1.21. The van der Waals surface area contributed by atoms with Crippen molar-refractivity contribution in [3.05, 3.63) is 65.7 Å². The highest BCUT2D eigenvalue weighted by atomic mass is 16.5. The van der Waals surface area contributed by atoms with Gasteiger partial charge in [-0.2, -0.15) is 0 Å². The van der Waals surface area contributed by atoms with Crippen molar-refractivity contribution in [2.24, 2.45) is 0 Å². The molecule has 1 atom stereocenters. The molecule has 0 aromatic heterocycles. The largest absolute Gasteiger partial charge is 0.496 e. The van der Waals surface area contributed by atoms with Crippen molar-refractivity contribution in [1.29, 1.82) is 0 Å². The molecule has 1 aliphatic heterocycles. The van der Waals surface area contributed by atoms with Gasteiger partial charge < -0.3 is 14.5 Å². The van der Waals surface area contributed by atoms with Crippen molar-refractivity contribution in [3.63, 3.8) is 0 Å². The van der Waals surface area contributed by atoms with Crippen LogP contribution in [0, 0.1) is 0 Å². The molecular formula is C21H26N2O2. The van der Waals surface area contributed by atoms with Crippen LogP contribution in [0.5, 0.6) is 5.75 Å². The maximum absolute atomic E-state index is 12.9. The summed E-state index contributed by atoms with van der Waals surface area (Å²) in [5, 5.41) is 0. The summed E-state index contributed by atoms with van der Waals surface area (Å²) in [6.45, 7) is 2.58. The van der Waals surface area contributed by atoms with Crippen LogP contribution in [0.3, 0.4) is 0 Å². The summed E-state index contributed by atoms with van der Waals surface area (Å²) in [5.74, 6) is 1.07. The van der Waals surface area contributed by atoms with E-state index in [0.29, 0.717) is 12.8 Å². The molecule has 1 aliphatic rings. The lowest BCUT2D eigenvalue weighted by Gasteiger charge is -2.40. The molecule has 1 amide bonds. The SMILES string of the molecule is COc1ccccc1CCC(=O)N1CCN(C)C[C@H]1c1ccccc1. The lowest BCUT2D eigenvalue weighted by Crippen LogP contribution is -2.49. The van der Waals surface area contributed by atoms with E-state index in [9.17, 15) is 4.79 Å². The number of piperazine rings is 1. The van der Waals surface area contributed by atoms with Crippen LogP contribution >= 0.6 is 0 Å². The van der Waals surface area contributed by atoms with E-state index in [2.05, 4.69) is 24.1 Å². The molecule has 2 aromatic rings. The molecule has 132 valence electrons. The number of carbonyl (C=O) groups excluding carboxylic acids is 1. The molecule has 3 rings (SSSR count). The Bertz CT molecular complexity index is 702. The molecule has 2 aromatic carbocycles. The van der Waals surface area contributed by atoms with Crippen molar-refractivity contribution in [2.45, 2.75) is 18.9 Å². The predicted octanol–water partition coefficient (Wildman–Crippen LogP) is 3.14. The van der Waals surface area contributed by atoms with Crippen molar-refractivity contribution in [1.82, 2.24) is 9.80 Å². The minimum absolute atomic E-state index is 0.130. The number of nitrogens with zero attached hydrogens (tertiary/aromatic N) is 2. The average Bonchev–Trinajstić information content (AvgIpc) is 2.67. The Morgan fingerprint density at radius 1 is 1.08 bits per heavy atom. The highest BCUT2D eigenvalue weighted by Crippen LogP contribution is 2.26. The topological polar surface area (TPSA) is 32.8 Å². The first-order valence-electron chi connectivity index (χ1n) is 8.84. The van der Waals surface area contributed by atoms with E-state index in [-0.39, 0.29) is 11.9 Å². The van der Waals surface area contributed by atoms with Gasteiger partial charge in [0.2, 0.25) is 5.91 Å². The predicted molar refractivity (Wildman–Crippen MR) is 99.7 cm³/mol. The van der Waals surface area contributed by atoms with Gasteiger partial charge in [-0.05, 0) is 30.7 Å². The van der Waals surface area contributed by atoms with E-state index in [1.807, 2.05) is 47.4 Å². The number of rotatable bonds is 5. The smallest absolute Gasteiger partial charge is 0.223 e. The average molecular weight is 338 g/mol. The molecule has 1 fully saturated rings. The number of amides is 1. The summed E-state index contributed by atoms with van der Waals surface area (Å²) in [7, 11) is 3.79. The number of ether oxygens (including phenoxy) is 1. The van der Waals surface area contributed by atoms with E-state index >= 15 is 0 Å². The van der Waals surface area contributed by atoms with Gasteiger partial charge in [0.05, 0.1) is 13.2 Å². The summed E-state index contributed by atoms with van der Waals surface area (Å²) >= 11 is 0. The maximum atomic E-state index is 12.9. The molecule has 0 saturated carbocycles. The first kappa shape index (κ1) is 17.5.